The van der Waals surface area contributed by atoms with E-state index in [1.807, 2.05) is 0 Å². The lowest BCUT2D eigenvalue weighted by Crippen LogP contribution is -2.22. The van der Waals surface area contributed by atoms with Gasteiger partial charge in [0.15, 0.2) is 0 Å². The van der Waals surface area contributed by atoms with Crippen LogP contribution in [0.3, 0.4) is 0 Å². The number of halogens is 1. The minimum absolute atomic E-state index is 0.203. The SMILES string of the molecule is CCOC(=O)c1ccccc1NC(=O)Cn1nnc(-c2cccc(F)c2)n1. The zero-order valence-corrected chi connectivity index (χ0v) is 14.4. The van der Waals surface area contributed by atoms with E-state index in [9.17, 15) is 14.0 Å². The number of carbonyl (C=O) groups excluding carboxylic acids is 2. The van der Waals surface area contributed by atoms with Gasteiger partial charge < -0.3 is 10.1 Å². The summed E-state index contributed by atoms with van der Waals surface area (Å²) < 4.78 is 18.3. The van der Waals surface area contributed by atoms with E-state index in [1.54, 1.807) is 37.3 Å². The number of rotatable bonds is 6. The maximum absolute atomic E-state index is 13.3. The van der Waals surface area contributed by atoms with Crippen LogP contribution in [-0.2, 0) is 16.1 Å². The summed E-state index contributed by atoms with van der Waals surface area (Å²) in [6.45, 7) is 1.71. The van der Waals surface area contributed by atoms with Gasteiger partial charge in [0.2, 0.25) is 11.7 Å². The second-order valence-corrected chi connectivity index (χ2v) is 5.47. The quantitative estimate of drug-likeness (QED) is 0.670. The van der Waals surface area contributed by atoms with Crippen LogP contribution in [0.2, 0.25) is 0 Å². The van der Waals surface area contributed by atoms with Crippen LogP contribution in [0.1, 0.15) is 17.3 Å². The van der Waals surface area contributed by atoms with Gasteiger partial charge in [-0.25, -0.2) is 9.18 Å². The molecule has 2 aromatic carbocycles. The number of para-hydroxylation sites is 1. The minimum Gasteiger partial charge on any atom is -0.462 e. The molecule has 1 amide bonds. The van der Waals surface area contributed by atoms with Crippen molar-refractivity contribution in [1.82, 2.24) is 20.2 Å². The number of anilines is 1. The summed E-state index contributed by atoms with van der Waals surface area (Å²) in [5.41, 5.74) is 1.03. The first-order valence-corrected chi connectivity index (χ1v) is 8.16. The molecule has 1 N–H and O–H groups in total. The van der Waals surface area contributed by atoms with E-state index in [2.05, 4.69) is 20.7 Å². The Morgan fingerprint density at radius 3 is 2.78 bits per heavy atom. The molecule has 0 unspecified atom stereocenters. The molecule has 0 aliphatic rings. The lowest BCUT2D eigenvalue weighted by atomic mass is 10.2. The number of esters is 1. The largest absolute Gasteiger partial charge is 0.462 e. The number of amides is 1. The topological polar surface area (TPSA) is 99.0 Å². The highest BCUT2D eigenvalue weighted by molar-refractivity contribution is 6.01. The predicted molar refractivity (Wildman–Crippen MR) is 94.2 cm³/mol. The first-order chi connectivity index (χ1) is 13.1. The number of nitrogens with one attached hydrogen (secondary N) is 1. The highest BCUT2D eigenvalue weighted by atomic mass is 19.1. The molecule has 0 bridgehead atoms. The Balaban J connectivity index is 1.70. The molecular formula is C18H16FN5O3. The van der Waals surface area contributed by atoms with Crippen LogP contribution in [0.15, 0.2) is 48.5 Å². The standard InChI is InChI=1S/C18H16FN5O3/c1-2-27-18(26)14-8-3-4-9-15(14)20-16(25)11-24-22-17(21-23-24)12-6-5-7-13(19)10-12/h3-10H,2,11H2,1H3,(H,20,25). The van der Waals surface area contributed by atoms with E-state index in [4.69, 9.17) is 4.74 Å². The van der Waals surface area contributed by atoms with Crippen molar-refractivity contribution >= 4 is 17.6 Å². The number of tetrazole rings is 1. The molecule has 27 heavy (non-hydrogen) atoms. The number of ether oxygens (including phenoxy) is 1. The summed E-state index contributed by atoms with van der Waals surface area (Å²) in [7, 11) is 0. The van der Waals surface area contributed by atoms with Crippen LogP contribution in [0, 0.1) is 5.82 Å². The molecule has 3 rings (SSSR count). The molecular weight excluding hydrogens is 353 g/mol. The molecule has 0 saturated heterocycles. The number of nitrogens with zero attached hydrogens (tertiary/aromatic N) is 4. The molecule has 0 atom stereocenters. The maximum Gasteiger partial charge on any atom is 0.340 e. The fourth-order valence-electron chi connectivity index (χ4n) is 2.35. The molecule has 0 saturated carbocycles. The highest BCUT2D eigenvalue weighted by Gasteiger charge is 2.15. The van der Waals surface area contributed by atoms with Crippen molar-refractivity contribution in [2.75, 3.05) is 11.9 Å². The summed E-state index contributed by atoms with van der Waals surface area (Å²) in [4.78, 5) is 25.3. The van der Waals surface area contributed by atoms with Crippen LogP contribution in [-0.4, -0.2) is 38.7 Å². The third-order valence-corrected chi connectivity index (χ3v) is 3.52. The van der Waals surface area contributed by atoms with Crippen molar-refractivity contribution in [2.24, 2.45) is 0 Å². The highest BCUT2D eigenvalue weighted by Crippen LogP contribution is 2.17. The maximum atomic E-state index is 13.3. The summed E-state index contributed by atoms with van der Waals surface area (Å²) >= 11 is 0. The first kappa shape index (κ1) is 18.2. The second-order valence-electron chi connectivity index (χ2n) is 5.47. The Morgan fingerprint density at radius 2 is 2.00 bits per heavy atom. The molecule has 1 aromatic heterocycles. The average molecular weight is 369 g/mol. The van der Waals surface area contributed by atoms with Gasteiger partial charge in [-0.3, -0.25) is 4.79 Å². The molecule has 0 aliphatic carbocycles. The number of benzene rings is 2. The Kier molecular flexibility index (Phi) is 5.50. The van der Waals surface area contributed by atoms with Gasteiger partial charge in [-0.05, 0) is 36.4 Å². The van der Waals surface area contributed by atoms with Gasteiger partial charge in [-0.2, -0.15) is 4.80 Å². The van der Waals surface area contributed by atoms with Crippen LogP contribution in [0.25, 0.3) is 11.4 Å². The van der Waals surface area contributed by atoms with E-state index in [0.29, 0.717) is 11.3 Å². The van der Waals surface area contributed by atoms with Gasteiger partial charge in [0.05, 0.1) is 17.9 Å². The van der Waals surface area contributed by atoms with Crippen molar-refractivity contribution in [1.29, 1.82) is 0 Å². The molecule has 1 heterocycles. The number of aromatic nitrogens is 4. The lowest BCUT2D eigenvalue weighted by molar-refractivity contribution is -0.117. The third-order valence-electron chi connectivity index (χ3n) is 3.52. The third kappa shape index (κ3) is 4.51. The molecule has 9 heteroatoms. The zero-order valence-electron chi connectivity index (χ0n) is 14.4. The van der Waals surface area contributed by atoms with E-state index in [1.165, 1.54) is 18.2 Å². The van der Waals surface area contributed by atoms with E-state index < -0.39 is 17.7 Å². The summed E-state index contributed by atoms with van der Waals surface area (Å²) in [5, 5.41) is 14.3. The molecule has 3 aromatic rings. The Labute approximate surface area is 154 Å². The van der Waals surface area contributed by atoms with Crippen LogP contribution in [0.4, 0.5) is 10.1 Å². The Hall–Kier alpha value is -3.62. The summed E-state index contributed by atoms with van der Waals surface area (Å²) in [5.74, 6) is -1.19. The molecule has 0 radical (unpaired) electrons. The normalized spacial score (nSPS) is 10.4. The summed E-state index contributed by atoms with van der Waals surface area (Å²) in [6, 6.07) is 12.3. The van der Waals surface area contributed by atoms with E-state index in [0.717, 1.165) is 4.80 Å². The number of hydrogen-bond donors (Lipinski definition) is 1. The lowest BCUT2D eigenvalue weighted by Gasteiger charge is -2.09. The van der Waals surface area contributed by atoms with Crippen molar-refractivity contribution in [3.8, 4) is 11.4 Å². The van der Waals surface area contributed by atoms with E-state index in [-0.39, 0.29) is 24.5 Å². The van der Waals surface area contributed by atoms with Crippen molar-refractivity contribution in [3.05, 3.63) is 59.9 Å². The fourth-order valence-corrected chi connectivity index (χ4v) is 2.35. The Morgan fingerprint density at radius 1 is 1.19 bits per heavy atom. The molecule has 0 aliphatic heterocycles. The van der Waals surface area contributed by atoms with E-state index >= 15 is 0 Å². The minimum atomic E-state index is -0.527. The van der Waals surface area contributed by atoms with Crippen LogP contribution in [0.5, 0.6) is 0 Å². The van der Waals surface area contributed by atoms with Gasteiger partial charge in [-0.1, -0.05) is 24.3 Å². The van der Waals surface area contributed by atoms with Gasteiger partial charge in [0, 0.05) is 5.56 Å². The van der Waals surface area contributed by atoms with Crippen LogP contribution >= 0.6 is 0 Å². The van der Waals surface area contributed by atoms with Crippen LogP contribution < -0.4 is 5.32 Å². The zero-order chi connectivity index (χ0) is 19.2. The van der Waals surface area contributed by atoms with Gasteiger partial charge in [0.1, 0.15) is 12.4 Å². The predicted octanol–water partition coefficient (Wildman–Crippen LogP) is 2.29. The monoisotopic (exact) mass is 369 g/mol. The van der Waals surface area contributed by atoms with Crippen molar-refractivity contribution in [3.63, 3.8) is 0 Å². The van der Waals surface area contributed by atoms with Gasteiger partial charge in [0.25, 0.3) is 0 Å². The van der Waals surface area contributed by atoms with Crippen molar-refractivity contribution in [2.45, 2.75) is 13.5 Å². The number of hydrogen-bond acceptors (Lipinski definition) is 6. The molecule has 0 fully saturated rings. The average Bonchev–Trinajstić information content (AvgIpc) is 3.10. The first-order valence-electron chi connectivity index (χ1n) is 8.16. The fraction of sp³-hybridized carbons (Fsp3) is 0.167. The van der Waals surface area contributed by atoms with Gasteiger partial charge >= 0.3 is 5.97 Å². The summed E-state index contributed by atoms with van der Waals surface area (Å²) in [6.07, 6.45) is 0. The molecule has 8 nitrogen and oxygen atoms in total. The van der Waals surface area contributed by atoms with Crippen molar-refractivity contribution < 1.29 is 18.7 Å². The number of carbonyl (C=O) groups is 2. The molecule has 0 spiro atoms. The Bertz CT molecular complexity index is 973. The second kappa shape index (κ2) is 8.17. The van der Waals surface area contributed by atoms with Gasteiger partial charge in [-0.15, -0.1) is 10.2 Å². The smallest absolute Gasteiger partial charge is 0.340 e. The molecule has 138 valence electrons.